The molecule has 28 heavy (non-hydrogen) atoms. The van der Waals surface area contributed by atoms with Crippen molar-refractivity contribution in [3.8, 4) is 5.75 Å². The maximum absolute atomic E-state index is 12.7. The summed E-state index contributed by atoms with van der Waals surface area (Å²) in [6, 6.07) is 7.19. The van der Waals surface area contributed by atoms with Crippen LogP contribution in [-0.4, -0.2) is 40.6 Å². The summed E-state index contributed by atoms with van der Waals surface area (Å²) in [6.45, 7) is 9.49. The number of amides is 1. The standard InChI is InChI=1S/C21H27ClN4O2/c1-14-11-19(24-13-23-14)26-9-7-16(8-10-26)28-18-6-5-15(22)12-17(18)20(27)25-21(2,3)4/h5-6,11-13,16H,7-10H2,1-4H3,(H,25,27). The average Bonchev–Trinajstić information content (AvgIpc) is 2.62. The maximum atomic E-state index is 12.7. The fourth-order valence-electron chi connectivity index (χ4n) is 3.19. The summed E-state index contributed by atoms with van der Waals surface area (Å²) < 4.78 is 6.21. The minimum Gasteiger partial charge on any atom is -0.489 e. The first-order valence-corrected chi connectivity index (χ1v) is 9.91. The summed E-state index contributed by atoms with van der Waals surface area (Å²) in [5.74, 6) is 1.34. The van der Waals surface area contributed by atoms with Crippen molar-refractivity contribution >= 4 is 23.3 Å². The van der Waals surface area contributed by atoms with E-state index in [1.54, 1.807) is 24.5 Å². The summed E-state index contributed by atoms with van der Waals surface area (Å²) in [6.07, 6.45) is 3.35. The van der Waals surface area contributed by atoms with Gasteiger partial charge in [-0.25, -0.2) is 9.97 Å². The number of hydrogen-bond acceptors (Lipinski definition) is 5. The number of nitrogens with zero attached hydrogens (tertiary/aromatic N) is 3. The molecule has 2 heterocycles. The molecule has 7 heteroatoms. The van der Waals surface area contributed by atoms with Crippen LogP contribution >= 0.6 is 11.6 Å². The molecule has 1 aliphatic rings. The molecule has 0 radical (unpaired) electrons. The van der Waals surface area contributed by atoms with Crippen LogP contribution in [0.3, 0.4) is 0 Å². The molecule has 1 aromatic carbocycles. The molecule has 2 aromatic rings. The van der Waals surface area contributed by atoms with Crippen molar-refractivity contribution in [2.24, 2.45) is 0 Å². The van der Waals surface area contributed by atoms with Gasteiger partial charge in [0.2, 0.25) is 0 Å². The smallest absolute Gasteiger partial charge is 0.255 e. The van der Waals surface area contributed by atoms with E-state index in [9.17, 15) is 4.79 Å². The van der Waals surface area contributed by atoms with Crippen LogP contribution in [0, 0.1) is 6.92 Å². The number of rotatable bonds is 4. The first-order valence-electron chi connectivity index (χ1n) is 9.53. The molecular formula is C21H27ClN4O2. The highest BCUT2D eigenvalue weighted by Crippen LogP contribution is 2.27. The number of ether oxygens (including phenoxy) is 1. The minimum absolute atomic E-state index is 0.0431. The highest BCUT2D eigenvalue weighted by molar-refractivity contribution is 6.31. The van der Waals surface area contributed by atoms with Crippen molar-refractivity contribution in [1.29, 1.82) is 0 Å². The van der Waals surface area contributed by atoms with Gasteiger partial charge < -0.3 is 15.0 Å². The van der Waals surface area contributed by atoms with E-state index in [-0.39, 0.29) is 17.6 Å². The normalized spacial score (nSPS) is 15.4. The van der Waals surface area contributed by atoms with Crippen molar-refractivity contribution in [2.75, 3.05) is 18.0 Å². The Morgan fingerprint density at radius 3 is 2.57 bits per heavy atom. The number of anilines is 1. The van der Waals surface area contributed by atoms with Gasteiger partial charge in [0.15, 0.2) is 0 Å². The molecule has 0 aliphatic carbocycles. The summed E-state index contributed by atoms with van der Waals surface area (Å²) in [7, 11) is 0. The Labute approximate surface area is 171 Å². The molecule has 1 aromatic heterocycles. The predicted octanol–water partition coefficient (Wildman–Crippen LogP) is 4.01. The molecule has 1 amide bonds. The highest BCUT2D eigenvalue weighted by atomic mass is 35.5. The van der Waals surface area contributed by atoms with Gasteiger partial charge in [-0.05, 0) is 45.9 Å². The van der Waals surface area contributed by atoms with Crippen LogP contribution in [-0.2, 0) is 0 Å². The molecule has 3 rings (SSSR count). The van der Waals surface area contributed by atoms with E-state index in [4.69, 9.17) is 16.3 Å². The lowest BCUT2D eigenvalue weighted by Crippen LogP contribution is -2.41. The second-order valence-corrected chi connectivity index (χ2v) is 8.60. The number of hydrogen-bond donors (Lipinski definition) is 1. The number of carbonyl (C=O) groups is 1. The van der Waals surface area contributed by atoms with Crippen LogP contribution in [0.25, 0.3) is 0 Å². The average molecular weight is 403 g/mol. The van der Waals surface area contributed by atoms with E-state index in [1.165, 1.54) is 0 Å². The molecular weight excluding hydrogens is 376 g/mol. The zero-order chi connectivity index (χ0) is 20.3. The molecule has 0 spiro atoms. The Bertz CT molecular complexity index is 843. The number of aryl methyl sites for hydroxylation is 1. The Morgan fingerprint density at radius 1 is 1.21 bits per heavy atom. The van der Waals surface area contributed by atoms with E-state index >= 15 is 0 Å². The number of carbonyl (C=O) groups excluding carboxylic acids is 1. The lowest BCUT2D eigenvalue weighted by molar-refractivity contribution is 0.0909. The fourth-order valence-corrected chi connectivity index (χ4v) is 3.36. The number of benzene rings is 1. The quantitative estimate of drug-likeness (QED) is 0.836. The Balaban J connectivity index is 1.67. The number of aromatic nitrogens is 2. The first-order chi connectivity index (χ1) is 13.2. The minimum atomic E-state index is -0.336. The van der Waals surface area contributed by atoms with Gasteiger partial charge >= 0.3 is 0 Å². The van der Waals surface area contributed by atoms with Crippen LogP contribution in [0.15, 0.2) is 30.6 Å². The molecule has 1 aliphatic heterocycles. The molecule has 0 unspecified atom stereocenters. The molecule has 1 fully saturated rings. The zero-order valence-electron chi connectivity index (χ0n) is 16.8. The third-order valence-electron chi connectivity index (χ3n) is 4.52. The second kappa shape index (κ2) is 8.35. The van der Waals surface area contributed by atoms with E-state index in [0.717, 1.165) is 37.4 Å². The van der Waals surface area contributed by atoms with Gasteiger partial charge in [-0.2, -0.15) is 0 Å². The molecule has 0 saturated carbocycles. The van der Waals surface area contributed by atoms with Crippen molar-refractivity contribution in [1.82, 2.24) is 15.3 Å². The van der Waals surface area contributed by atoms with E-state index in [1.807, 2.05) is 33.8 Å². The number of piperidine rings is 1. The van der Waals surface area contributed by atoms with Crippen molar-refractivity contribution < 1.29 is 9.53 Å². The monoisotopic (exact) mass is 402 g/mol. The van der Waals surface area contributed by atoms with Gasteiger partial charge in [0.25, 0.3) is 5.91 Å². The van der Waals surface area contributed by atoms with Crippen LogP contribution in [0.1, 0.15) is 49.7 Å². The van der Waals surface area contributed by atoms with Crippen molar-refractivity contribution in [2.45, 2.75) is 52.2 Å². The van der Waals surface area contributed by atoms with Gasteiger partial charge in [0.05, 0.1) is 5.56 Å². The summed E-state index contributed by atoms with van der Waals surface area (Å²) >= 11 is 6.12. The zero-order valence-corrected chi connectivity index (χ0v) is 17.6. The van der Waals surface area contributed by atoms with Gasteiger partial charge in [-0.15, -0.1) is 0 Å². The second-order valence-electron chi connectivity index (χ2n) is 8.17. The fraction of sp³-hybridized carbons (Fsp3) is 0.476. The third kappa shape index (κ3) is 5.35. The molecule has 1 N–H and O–H groups in total. The van der Waals surface area contributed by atoms with Gasteiger partial charge in [0, 0.05) is 48.3 Å². The Kier molecular flexibility index (Phi) is 6.08. The topological polar surface area (TPSA) is 67.3 Å². The lowest BCUT2D eigenvalue weighted by atomic mass is 10.1. The molecule has 6 nitrogen and oxygen atoms in total. The van der Waals surface area contributed by atoms with E-state index < -0.39 is 0 Å². The van der Waals surface area contributed by atoms with Crippen LogP contribution in [0.4, 0.5) is 5.82 Å². The Hall–Kier alpha value is -2.34. The van der Waals surface area contributed by atoms with Gasteiger partial charge in [-0.3, -0.25) is 4.79 Å². The van der Waals surface area contributed by atoms with Crippen LogP contribution < -0.4 is 15.0 Å². The van der Waals surface area contributed by atoms with Crippen molar-refractivity contribution in [3.63, 3.8) is 0 Å². The first kappa shape index (κ1) is 20.4. The van der Waals surface area contributed by atoms with Gasteiger partial charge in [-0.1, -0.05) is 11.6 Å². The molecule has 0 atom stereocenters. The SMILES string of the molecule is Cc1cc(N2CCC(Oc3ccc(Cl)cc3C(=O)NC(C)(C)C)CC2)ncn1. The van der Waals surface area contributed by atoms with Gasteiger partial charge in [0.1, 0.15) is 24.0 Å². The van der Waals surface area contributed by atoms with Crippen LogP contribution in [0.2, 0.25) is 5.02 Å². The number of nitrogens with one attached hydrogen (secondary N) is 1. The number of halogens is 1. The molecule has 0 bridgehead atoms. The highest BCUT2D eigenvalue weighted by Gasteiger charge is 2.25. The lowest BCUT2D eigenvalue weighted by Gasteiger charge is -2.33. The predicted molar refractivity (Wildman–Crippen MR) is 111 cm³/mol. The maximum Gasteiger partial charge on any atom is 0.255 e. The molecule has 1 saturated heterocycles. The van der Waals surface area contributed by atoms with E-state index in [0.29, 0.717) is 16.3 Å². The summed E-state index contributed by atoms with van der Waals surface area (Å²) in [4.78, 5) is 23.4. The Morgan fingerprint density at radius 2 is 1.93 bits per heavy atom. The van der Waals surface area contributed by atoms with Crippen LogP contribution in [0.5, 0.6) is 5.75 Å². The third-order valence-corrected chi connectivity index (χ3v) is 4.76. The van der Waals surface area contributed by atoms with Crippen molar-refractivity contribution in [3.05, 3.63) is 46.9 Å². The largest absolute Gasteiger partial charge is 0.489 e. The molecule has 150 valence electrons. The van der Waals surface area contributed by atoms with E-state index in [2.05, 4.69) is 20.2 Å². The summed E-state index contributed by atoms with van der Waals surface area (Å²) in [5, 5.41) is 3.49. The summed E-state index contributed by atoms with van der Waals surface area (Å²) in [5.41, 5.74) is 1.09.